The van der Waals surface area contributed by atoms with Crippen LogP contribution >= 0.6 is 11.6 Å². The maximum Gasteiger partial charge on any atom is 0.142 e. The zero-order valence-corrected chi connectivity index (χ0v) is 11.9. The highest BCUT2D eigenvalue weighted by atomic mass is 35.5. The van der Waals surface area contributed by atoms with Crippen LogP contribution in [0.1, 0.15) is 26.3 Å². The highest BCUT2D eigenvalue weighted by Crippen LogP contribution is 2.23. The van der Waals surface area contributed by atoms with Gasteiger partial charge in [0.15, 0.2) is 0 Å². The number of nitrogens with one attached hydrogen (secondary N) is 1. The molecule has 0 saturated carbocycles. The van der Waals surface area contributed by atoms with Gasteiger partial charge in [-0.1, -0.05) is 17.7 Å². The van der Waals surface area contributed by atoms with Gasteiger partial charge in [-0.3, -0.25) is 4.90 Å². The molecule has 1 aliphatic rings. The van der Waals surface area contributed by atoms with E-state index in [0.717, 1.165) is 25.2 Å². The smallest absolute Gasteiger partial charge is 0.142 e. The third kappa shape index (κ3) is 3.02. The Morgan fingerprint density at radius 2 is 2.22 bits per heavy atom. The van der Waals surface area contributed by atoms with Crippen LogP contribution in [-0.4, -0.2) is 29.6 Å². The predicted octanol–water partition coefficient (Wildman–Crippen LogP) is 3.05. The summed E-state index contributed by atoms with van der Waals surface area (Å²) in [7, 11) is 0. The van der Waals surface area contributed by atoms with E-state index < -0.39 is 0 Å². The minimum absolute atomic E-state index is 0.0859. The summed E-state index contributed by atoms with van der Waals surface area (Å²) in [6, 6.07) is 5.53. The van der Waals surface area contributed by atoms with Crippen molar-refractivity contribution in [2.24, 2.45) is 0 Å². The monoisotopic (exact) mass is 270 g/mol. The van der Waals surface area contributed by atoms with E-state index in [-0.39, 0.29) is 16.4 Å². The van der Waals surface area contributed by atoms with E-state index in [9.17, 15) is 4.39 Å². The van der Waals surface area contributed by atoms with Gasteiger partial charge in [-0.05, 0) is 38.5 Å². The molecule has 2 rings (SSSR count). The molecule has 1 fully saturated rings. The molecule has 0 spiro atoms. The van der Waals surface area contributed by atoms with E-state index >= 15 is 0 Å². The first-order valence-electron chi connectivity index (χ1n) is 6.31. The standard InChI is InChI=1S/C14H20ClFN2/c1-10-7-18(14(2,3)9-17-10)8-11-4-5-12(15)13(16)6-11/h4-6,10,17H,7-9H2,1-3H3. The number of piperazine rings is 1. The summed E-state index contributed by atoms with van der Waals surface area (Å²) in [6.45, 7) is 9.26. The number of hydrogen-bond donors (Lipinski definition) is 1. The lowest BCUT2D eigenvalue weighted by atomic mass is 9.97. The zero-order valence-electron chi connectivity index (χ0n) is 11.1. The molecule has 1 saturated heterocycles. The molecule has 0 radical (unpaired) electrons. The van der Waals surface area contributed by atoms with Gasteiger partial charge in [-0.2, -0.15) is 0 Å². The molecule has 1 aromatic rings. The average Bonchev–Trinajstić information content (AvgIpc) is 2.29. The highest BCUT2D eigenvalue weighted by molar-refractivity contribution is 6.30. The number of halogens is 2. The fourth-order valence-electron chi connectivity index (χ4n) is 2.31. The van der Waals surface area contributed by atoms with Crippen molar-refractivity contribution in [3.63, 3.8) is 0 Å². The minimum Gasteiger partial charge on any atom is -0.311 e. The molecule has 1 N–H and O–H groups in total. The minimum atomic E-state index is -0.338. The Bertz CT molecular complexity index is 434. The van der Waals surface area contributed by atoms with Gasteiger partial charge in [0, 0.05) is 31.2 Å². The van der Waals surface area contributed by atoms with Crippen LogP contribution in [0.4, 0.5) is 4.39 Å². The summed E-state index contributed by atoms with van der Waals surface area (Å²) in [6.07, 6.45) is 0. The van der Waals surface area contributed by atoms with Gasteiger partial charge < -0.3 is 5.32 Å². The van der Waals surface area contributed by atoms with Gasteiger partial charge in [0.1, 0.15) is 5.82 Å². The predicted molar refractivity (Wildman–Crippen MR) is 73.4 cm³/mol. The fourth-order valence-corrected chi connectivity index (χ4v) is 2.43. The molecule has 1 unspecified atom stereocenters. The average molecular weight is 271 g/mol. The van der Waals surface area contributed by atoms with Crippen LogP contribution in [0.3, 0.4) is 0 Å². The Morgan fingerprint density at radius 1 is 1.50 bits per heavy atom. The van der Waals surface area contributed by atoms with E-state index in [0.29, 0.717) is 6.04 Å². The van der Waals surface area contributed by atoms with Crippen LogP contribution in [0.5, 0.6) is 0 Å². The fraction of sp³-hybridized carbons (Fsp3) is 0.571. The van der Waals surface area contributed by atoms with Crippen molar-refractivity contribution < 1.29 is 4.39 Å². The molecule has 0 aromatic heterocycles. The Hall–Kier alpha value is -0.640. The lowest BCUT2D eigenvalue weighted by Gasteiger charge is -2.45. The molecular weight excluding hydrogens is 251 g/mol. The van der Waals surface area contributed by atoms with Crippen LogP contribution in [0.2, 0.25) is 5.02 Å². The maximum absolute atomic E-state index is 13.4. The third-order valence-electron chi connectivity index (χ3n) is 3.59. The van der Waals surface area contributed by atoms with Crippen molar-refractivity contribution in [2.75, 3.05) is 13.1 Å². The van der Waals surface area contributed by atoms with Crippen molar-refractivity contribution in [3.8, 4) is 0 Å². The van der Waals surface area contributed by atoms with Crippen molar-refractivity contribution in [1.29, 1.82) is 0 Å². The van der Waals surface area contributed by atoms with Gasteiger partial charge in [0.25, 0.3) is 0 Å². The quantitative estimate of drug-likeness (QED) is 0.889. The summed E-state index contributed by atoms with van der Waals surface area (Å²) in [5.41, 5.74) is 1.06. The normalized spacial score (nSPS) is 24.2. The molecule has 4 heteroatoms. The Morgan fingerprint density at radius 3 is 2.89 bits per heavy atom. The molecule has 0 aliphatic carbocycles. The summed E-state index contributed by atoms with van der Waals surface area (Å²) < 4.78 is 13.4. The number of hydrogen-bond acceptors (Lipinski definition) is 2. The molecule has 1 aliphatic heterocycles. The van der Waals surface area contributed by atoms with Crippen molar-refractivity contribution in [3.05, 3.63) is 34.6 Å². The summed E-state index contributed by atoms with van der Waals surface area (Å²) in [4.78, 5) is 2.39. The molecule has 100 valence electrons. The first-order chi connectivity index (χ1) is 8.38. The third-order valence-corrected chi connectivity index (χ3v) is 3.90. The van der Waals surface area contributed by atoms with Gasteiger partial charge >= 0.3 is 0 Å². The lowest BCUT2D eigenvalue weighted by molar-refractivity contribution is 0.0626. The summed E-state index contributed by atoms with van der Waals surface area (Å²) in [5, 5.41) is 3.66. The van der Waals surface area contributed by atoms with Gasteiger partial charge in [-0.25, -0.2) is 4.39 Å². The molecule has 0 bridgehead atoms. The van der Waals surface area contributed by atoms with Crippen molar-refractivity contribution in [2.45, 2.75) is 38.9 Å². The molecule has 2 nitrogen and oxygen atoms in total. The first-order valence-corrected chi connectivity index (χ1v) is 6.68. The lowest BCUT2D eigenvalue weighted by Crippen LogP contribution is -2.60. The summed E-state index contributed by atoms with van der Waals surface area (Å²) in [5.74, 6) is -0.338. The Labute approximate surface area is 113 Å². The first kappa shape index (κ1) is 13.8. The number of rotatable bonds is 2. The Balaban J connectivity index is 2.13. The van der Waals surface area contributed by atoms with Gasteiger partial charge in [0.2, 0.25) is 0 Å². The van der Waals surface area contributed by atoms with Crippen molar-refractivity contribution in [1.82, 2.24) is 10.2 Å². The van der Waals surface area contributed by atoms with E-state index in [1.54, 1.807) is 6.07 Å². The molecule has 0 amide bonds. The molecule has 1 atom stereocenters. The SMILES string of the molecule is CC1CN(Cc2ccc(Cl)c(F)c2)C(C)(C)CN1. The van der Waals surface area contributed by atoms with Crippen LogP contribution in [0.25, 0.3) is 0 Å². The number of nitrogens with zero attached hydrogens (tertiary/aromatic N) is 1. The second-order valence-corrected chi connectivity index (χ2v) is 6.13. The zero-order chi connectivity index (χ0) is 13.3. The molecule has 18 heavy (non-hydrogen) atoms. The molecule has 1 heterocycles. The van der Waals surface area contributed by atoms with Crippen molar-refractivity contribution >= 4 is 11.6 Å². The second kappa shape index (κ2) is 5.16. The van der Waals surface area contributed by atoms with Crippen LogP contribution in [0, 0.1) is 5.82 Å². The van der Waals surface area contributed by atoms with E-state index in [2.05, 4.69) is 31.0 Å². The summed E-state index contributed by atoms with van der Waals surface area (Å²) >= 11 is 5.70. The van der Waals surface area contributed by atoms with Crippen LogP contribution in [0.15, 0.2) is 18.2 Å². The highest BCUT2D eigenvalue weighted by Gasteiger charge is 2.32. The largest absolute Gasteiger partial charge is 0.311 e. The molecule has 1 aromatic carbocycles. The number of benzene rings is 1. The second-order valence-electron chi connectivity index (χ2n) is 5.72. The van der Waals surface area contributed by atoms with Gasteiger partial charge in [0.05, 0.1) is 5.02 Å². The Kier molecular flexibility index (Phi) is 3.95. The maximum atomic E-state index is 13.4. The molecular formula is C14H20ClFN2. The van der Waals surface area contributed by atoms with E-state index in [4.69, 9.17) is 11.6 Å². The topological polar surface area (TPSA) is 15.3 Å². The van der Waals surface area contributed by atoms with E-state index in [1.807, 2.05) is 6.07 Å². The van der Waals surface area contributed by atoms with E-state index in [1.165, 1.54) is 6.07 Å². The van der Waals surface area contributed by atoms with Crippen LogP contribution in [-0.2, 0) is 6.54 Å². The van der Waals surface area contributed by atoms with Crippen LogP contribution < -0.4 is 5.32 Å². The van der Waals surface area contributed by atoms with Gasteiger partial charge in [-0.15, -0.1) is 0 Å².